The number of aliphatic hydroxyl groups is 1. The molecule has 0 fully saturated rings. The second-order valence-corrected chi connectivity index (χ2v) is 6.31. The third-order valence-electron chi connectivity index (χ3n) is 2.84. The largest absolute Gasteiger partial charge is 0.468 e. The first-order chi connectivity index (χ1) is 10.1. The van der Waals surface area contributed by atoms with Gasteiger partial charge >= 0.3 is 0 Å². The van der Waals surface area contributed by atoms with Crippen molar-refractivity contribution in [2.24, 2.45) is 0 Å². The summed E-state index contributed by atoms with van der Waals surface area (Å²) in [5.41, 5.74) is 0.359. The quantitative estimate of drug-likeness (QED) is 0.868. The van der Waals surface area contributed by atoms with E-state index in [4.69, 9.17) is 9.52 Å². The number of aliphatic hydroxyl groups excluding tert-OH is 1. The molecule has 2 rings (SSSR count). The highest BCUT2D eigenvalue weighted by Crippen LogP contribution is 2.20. The van der Waals surface area contributed by atoms with Crippen LogP contribution in [0.3, 0.4) is 0 Å². The zero-order valence-corrected chi connectivity index (χ0v) is 12.3. The molecule has 0 aliphatic heterocycles. The van der Waals surface area contributed by atoms with E-state index in [-0.39, 0.29) is 18.0 Å². The standard InChI is InChI=1S/C15H15NO4S/c1-16(12-14-8-5-11-20-14)21(18,19)15-9-3-2-6-13(15)7-4-10-17/h2-3,5-6,8-9,11,17H,10,12H2,1H3. The number of benzene rings is 1. The number of sulfonamides is 1. The number of hydrogen-bond donors (Lipinski definition) is 1. The Labute approximate surface area is 123 Å². The minimum absolute atomic E-state index is 0.111. The van der Waals surface area contributed by atoms with E-state index < -0.39 is 10.0 Å². The van der Waals surface area contributed by atoms with Crippen molar-refractivity contribution in [2.45, 2.75) is 11.4 Å². The lowest BCUT2D eigenvalue weighted by atomic mass is 10.2. The molecule has 0 aliphatic rings. The molecule has 1 N–H and O–H groups in total. The summed E-state index contributed by atoms with van der Waals surface area (Å²) in [5.74, 6) is 5.67. The van der Waals surface area contributed by atoms with Gasteiger partial charge in [0, 0.05) is 12.6 Å². The first-order valence-electron chi connectivity index (χ1n) is 6.23. The molecule has 0 radical (unpaired) electrons. The molecule has 0 amide bonds. The summed E-state index contributed by atoms with van der Waals surface area (Å²) in [4.78, 5) is 0.111. The second kappa shape index (κ2) is 6.59. The summed E-state index contributed by atoms with van der Waals surface area (Å²) >= 11 is 0. The van der Waals surface area contributed by atoms with Crippen molar-refractivity contribution >= 4 is 10.0 Å². The fourth-order valence-electron chi connectivity index (χ4n) is 1.80. The molecule has 2 aromatic rings. The minimum Gasteiger partial charge on any atom is -0.468 e. The van der Waals surface area contributed by atoms with Gasteiger partial charge in [-0.15, -0.1) is 0 Å². The Bertz CT molecular complexity index is 754. The Morgan fingerprint density at radius 3 is 2.67 bits per heavy atom. The van der Waals surface area contributed by atoms with E-state index in [1.165, 1.54) is 23.7 Å². The fourth-order valence-corrected chi connectivity index (χ4v) is 3.08. The van der Waals surface area contributed by atoms with Crippen LogP contribution in [0, 0.1) is 11.8 Å². The van der Waals surface area contributed by atoms with Gasteiger partial charge in [0.05, 0.1) is 17.7 Å². The maximum atomic E-state index is 12.6. The predicted molar refractivity (Wildman–Crippen MR) is 77.8 cm³/mol. The van der Waals surface area contributed by atoms with E-state index in [1.54, 1.807) is 30.3 Å². The van der Waals surface area contributed by atoms with Gasteiger partial charge in [-0.05, 0) is 24.3 Å². The molecule has 0 unspecified atom stereocenters. The highest BCUT2D eigenvalue weighted by Gasteiger charge is 2.24. The van der Waals surface area contributed by atoms with Crippen LogP contribution >= 0.6 is 0 Å². The van der Waals surface area contributed by atoms with E-state index in [9.17, 15) is 8.42 Å². The third-order valence-corrected chi connectivity index (χ3v) is 4.70. The zero-order chi connectivity index (χ0) is 15.3. The number of furan rings is 1. The zero-order valence-electron chi connectivity index (χ0n) is 11.5. The minimum atomic E-state index is -3.69. The molecule has 1 heterocycles. The average Bonchev–Trinajstić information content (AvgIpc) is 2.98. The van der Waals surface area contributed by atoms with Crippen LogP contribution in [-0.2, 0) is 16.6 Å². The van der Waals surface area contributed by atoms with Gasteiger partial charge in [-0.25, -0.2) is 8.42 Å². The Morgan fingerprint density at radius 1 is 1.24 bits per heavy atom. The van der Waals surface area contributed by atoms with E-state index in [1.807, 2.05) is 0 Å². The average molecular weight is 305 g/mol. The molecule has 0 saturated heterocycles. The Balaban J connectivity index is 2.35. The SMILES string of the molecule is CN(Cc1ccco1)S(=O)(=O)c1ccccc1C#CCO. The summed E-state index contributed by atoms with van der Waals surface area (Å²) in [7, 11) is -2.21. The van der Waals surface area contributed by atoms with Crippen LogP contribution in [0.1, 0.15) is 11.3 Å². The van der Waals surface area contributed by atoms with Gasteiger partial charge in [-0.2, -0.15) is 4.31 Å². The fraction of sp³-hybridized carbons (Fsp3) is 0.200. The summed E-state index contributed by atoms with van der Waals surface area (Å²) < 4.78 is 31.6. The van der Waals surface area contributed by atoms with Crippen molar-refractivity contribution < 1.29 is 17.9 Å². The van der Waals surface area contributed by atoms with Gasteiger partial charge < -0.3 is 9.52 Å². The Morgan fingerprint density at radius 2 is 2.00 bits per heavy atom. The molecule has 0 aliphatic carbocycles. The van der Waals surface area contributed by atoms with Crippen molar-refractivity contribution in [1.82, 2.24) is 4.31 Å². The van der Waals surface area contributed by atoms with Gasteiger partial charge in [0.25, 0.3) is 0 Å². The first kappa shape index (κ1) is 15.3. The molecule has 0 atom stereocenters. The molecular weight excluding hydrogens is 290 g/mol. The molecule has 1 aromatic carbocycles. The van der Waals surface area contributed by atoms with Gasteiger partial charge in [-0.3, -0.25) is 0 Å². The van der Waals surface area contributed by atoms with Crippen molar-refractivity contribution in [2.75, 3.05) is 13.7 Å². The van der Waals surface area contributed by atoms with E-state index in [2.05, 4.69) is 11.8 Å². The van der Waals surface area contributed by atoms with Crippen molar-refractivity contribution in [1.29, 1.82) is 0 Å². The van der Waals surface area contributed by atoms with E-state index in [0.29, 0.717) is 11.3 Å². The monoisotopic (exact) mass is 305 g/mol. The molecular formula is C15H15NO4S. The lowest BCUT2D eigenvalue weighted by Crippen LogP contribution is -2.27. The molecule has 5 nitrogen and oxygen atoms in total. The maximum absolute atomic E-state index is 12.6. The lowest BCUT2D eigenvalue weighted by Gasteiger charge is -2.16. The van der Waals surface area contributed by atoms with Crippen LogP contribution in [0.4, 0.5) is 0 Å². The number of rotatable bonds is 4. The van der Waals surface area contributed by atoms with Gasteiger partial charge in [0.1, 0.15) is 12.4 Å². The second-order valence-electron chi connectivity index (χ2n) is 4.30. The molecule has 0 saturated carbocycles. The summed E-state index contributed by atoms with van der Waals surface area (Å²) in [5, 5.41) is 8.76. The van der Waals surface area contributed by atoms with E-state index >= 15 is 0 Å². The highest BCUT2D eigenvalue weighted by atomic mass is 32.2. The van der Waals surface area contributed by atoms with Crippen LogP contribution in [0.15, 0.2) is 52.0 Å². The van der Waals surface area contributed by atoms with Crippen LogP contribution in [0.25, 0.3) is 0 Å². The summed E-state index contributed by atoms with van der Waals surface area (Å²) in [6.45, 7) is -0.187. The number of hydrogen-bond acceptors (Lipinski definition) is 4. The maximum Gasteiger partial charge on any atom is 0.244 e. The smallest absolute Gasteiger partial charge is 0.244 e. The Kier molecular flexibility index (Phi) is 4.81. The van der Waals surface area contributed by atoms with Crippen LogP contribution in [-0.4, -0.2) is 31.5 Å². The molecule has 21 heavy (non-hydrogen) atoms. The van der Waals surface area contributed by atoms with E-state index in [0.717, 1.165) is 0 Å². The van der Waals surface area contributed by atoms with Gasteiger partial charge in [0.2, 0.25) is 10.0 Å². The Hall–Kier alpha value is -2.07. The summed E-state index contributed by atoms with van der Waals surface area (Å²) in [6.07, 6.45) is 1.50. The summed E-state index contributed by atoms with van der Waals surface area (Å²) in [6, 6.07) is 9.86. The molecule has 0 spiro atoms. The van der Waals surface area contributed by atoms with Gasteiger partial charge in [0.15, 0.2) is 0 Å². The molecule has 110 valence electrons. The normalized spacial score (nSPS) is 11.2. The van der Waals surface area contributed by atoms with Gasteiger partial charge in [-0.1, -0.05) is 24.0 Å². The van der Waals surface area contributed by atoms with Crippen molar-refractivity contribution in [3.05, 3.63) is 54.0 Å². The predicted octanol–water partition coefficient (Wildman–Crippen LogP) is 1.44. The molecule has 1 aromatic heterocycles. The molecule has 6 heteroatoms. The topological polar surface area (TPSA) is 70.8 Å². The number of nitrogens with zero attached hydrogens (tertiary/aromatic N) is 1. The highest BCUT2D eigenvalue weighted by molar-refractivity contribution is 7.89. The van der Waals surface area contributed by atoms with Crippen LogP contribution in [0.2, 0.25) is 0 Å². The lowest BCUT2D eigenvalue weighted by molar-refractivity contribution is 0.350. The van der Waals surface area contributed by atoms with Crippen LogP contribution in [0.5, 0.6) is 0 Å². The first-order valence-corrected chi connectivity index (χ1v) is 7.67. The van der Waals surface area contributed by atoms with Crippen molar-refractivity contribution in [3.8, 4) is 11.8 Å². The molecule has 0 bridgehead atoms. The third kappa shape index (κ3) is 3.52. The van der Waals surface area contributed by atoms with Crippen LogP contribution < -0.4 is 0 Å². The van der Waals surface area contributed by atoms with Crippen molar-refractivity contribution in [3.63, 3.8) is 0 Å².